The predicted octanol–water partition coefficient (Wildman–Crippen LogP) is 4.69. The van der Waals surface area contributed by atoms with Gasteiger partial charge >= 0.3 is 0 Å². The summed E-state index contributed by atoms with van der Waals surface area (Å²) in [6.07, 6.45) is 3.48. The average molecular weight is 410 g/mol. The number of carbonyl (C=O) groups is 1. The van der Waals surface area contributed by atoms with Crippen LogP contribution in [0.1, 0.15) is 19.4 Å². The number of thiazole rings is 1. The zero-order valence-electron chi connectivity index (χ0n) is 17.2. The molecule has 3 rings (SSSR count). The largest absolute Gasteiger partial charge is 0.497 e. The van der Waals surface area contributed by atoms with E-state index in [9.17, 15) is 4.79 Å². The molecule has 6 heteroatoms. The summed E-state index contributed by atoms with van der Waals surface area (Å²) in [6, 6.07) is 15.7. The van der Waals surface area contributed by atoms with Crippen molar-refractivity contribution in [2.75, 3.05) is 38.2 Å². The fourth-order valence-corrected chi connectivity index (χ4v) is 4.02. The summed E-state index contributed by atoms with van der Waals surface area (Å²) in [4.78, 5) is 21.9. The van der Waals surface area contributed by atoms with Gasteiger partial charge in [-0.15, -0.1) is 0 Å². The van der Waals surface area contributed by atoms with Crippen LogP contribution in [0.2, 0.25) is 0 Å². The number of fused-ring (bicyclic) bond motifs is 1. The molecule has 152 valence electrons. The molecule has 0 aliphatic rings. The molecule has 0 saturated carbocycles. The number of hydrogen-bond donors (Lipinski definition) is 0. The van der Waals surface area contributed by atoms with Gasteiger partial charge in [-0.25, -0.2) is 4.98 Å². The quantitative estimate of drug-likeness (QED) is 0.481. The molecule has 0 unspecified atom stereocenters. The number of ether oxygens (including phenoxy) is 1. The Morgan fingerprint density at radius 1 is 1.10 bits per heavy atom. The van der Waals surface area contributed by atoms with Crippen molar-refractivity contribution in [2.24, 2.45) is 0 Å². The number of carbonyl (C=O) groups excluding carboxylic acids is 1. The van der Waals surface area contributed by atoms with E-state index < -0.39 is 0 Å². The number of likely N-dealkylation sites (N-methyl/N-ethyl adjacent to an activating group) is 1. The highest BCUT2D eigenvalue weighted by molar-refractivity contribution is 7.22. The van der Waals surface area contributed by atoms with Crippen LogP contribution in [0, 0.1) is 0 Å². The van der Waals surface area contributed by atoms with Crippen molar-refractivity contribution in [3.8, 4) is 5.75 Å². The highest BCUT2D eigenvalue weighted by Crippen LogP contribution is 2.31. The Bertz CT molecular complexity index is 965. The van der Waals surface area contributed by atoms with Gasteiger partial charge in [-0.3, -0.25) is 9.69 Å². The second-order valence-electron chi connectivity index (χ2n) is 6.59. The van der Waals surface area contributed by atoms with Crippen LogP contribution in [-0.2, 0) is 4.79 Å². The van der Waals surface area contributed by atoms with Crippen molar-refractivity contribution in [3.05, 3.63) is 60.2 Å². The molecule has 0 aliphatic carbocycles. The first-order chi connectivity index (χ1) is 14.1. The molecule has 0 atom stereocenters. The molecule has 29 heavy (non-hydrogen) atoms. The van der Waals surface area contributed by atoms with Crippen molar-refractivity contribution >= 4 is 38.7 Å². The molecule has 0 bridgehead atoms. The summed E-state index contributed by atoms with van der Waals surface area (Å²) >= 11 is 1.53. The first-order valence-electron chi connectivity index (χ1n) is 9.86. The van der Waals surface area contributed by atoms with Crippen LogP contribution in [0.4, 0.5) is 5.13 Å². The van der Waals surface area contributed by atoms with E-state index in [1.807, 2.05) is 54.6 Å². The second kappa shape index (κ2) is 10.2. The molecule has 1 heterocycles. The number of amides is 1. The molecule has 0 saturated heterocycles. The van der Waals surface area contributed by atoms with Crippen molar-refractivity contribution in [3.63, 3.8) is 0 Å². The lowest BCUT2D eigenvalue weighted by Crippen LogP contribution is -2.38. The fraction of sp³-hybridized carbons (Fsp3) is 0.304. The Balaban J connectivity index is 1.87. The van der Waals surface area contributed by atoms with Crippen molar-refractivity contribution < 1.29 is 9.53 Å². The number of methoxy groups -OCH3 is 1. The van der Waals surface area contributed by atoms with E-state index in [1.54, 1.807) is 18.1 Å². The number of aromatic nitrogens is 1. The first-order valence-corrected chi connectivity index (χ1v) is 10.7. The topological polar surface area (TPSA) is 45.7 Å². The van der Waals surface area contributed by atoms with Crippen molar-refractivity contribution in [1.82, 2.24) is 9.88 Å². The van der Waals surface area contributed by atoms with E-state index in [1.165, 1.54) is 11.3 Å². The standard InChI is InChI=1S/C23H27N3O2S/c1-4-25(5-2)15-16-26(22(27)14-11-18-9-7-6-8-10-18)23-24-20-17-19(28-3)12-13-21(20)29-23/h6-14,17H,4-5,15-16H2,1-3H3/b14-11+. The van der Waals surface area contributed by atoms with Crippen LogP contribution in [0.3, 0.4) is 0 Å². The minimum absolute atomic E-state index is 0.0629. The van der Waals surface area contributed by atoms with E-state index in [-0.39, 0.29) is 5.91 Å². The van der Waals surface area contributed by atoms with Gasteiger partial charge < -0.3 is 9.64 Å². The highest BCUT2D eigenvalue weighted by Gasteiger charge is 2.19. The van der Waals surface area contributed by atoms with Crippen molar-refractivity contribution in [1.29, 1.82) is 0 Å². The lowest BCUT2D eigenvalue weighted by atomic mass is 10.2. The normalized spacial score (nSPS) is 11.4. The van der Waals surface area contributed by atoms with Gasteiger partial charge in [0.15, 0.2) is 5.13 Å². The van der Waals surface area contributed by atoms with Crippen LogP contribution in [0.5, 0.6) is 5.75 Å². The molecular formula is C23H27N3O2S. The average Bonchev–Trinajstić information content (AvgIpc) is 3.18. The van der Waals surface area contributed by atoms with E-state index >= 15 is 0 Å². The number of rotatable bonds is 9. The van der Waals surface area contributed by atoms with Gasteiger partial charge in [0.1, 0.15) is 5.75 Å². The van der Waals surface area contributed by atoms with Gasteiger partial charge in [0, 0.05) is 25.2 Å². The molecule has 0 spiro atoms. The Labute approximate surface area is 176 Å². The van der Waals surface area contributed by atoms with Gasteiger partial charge in [-0.1, -0.05) is 55.5 Å². The molecule has 2 aromatic carbocycles. The zero-order chi connectivity index (χ0) is 20.6. The number of hydrogen-bond acceptors (Lipinski definition) is 5. The first kappa shape index (κ1) is 21.0. The lowest BCUT2D eigenvalue weighted by Gasteiger charge is -2.23. The third kappa shape index (κ3) is 5.43. The van der Waals surface area contributed by atoms with Crippen LogP contribution in [0.15, 0.2) is 54.6 Å². The van der Waals surface area contributed by atoms with E-state index in [4.69, 9.17) is 9.72 Å². The second-order valence-corrected chi connectivity index (χ2v) is 7.60. The summed E-state index contributed by atoms with van der Waals surface area (Å²) in [5.74, 6) is 0.700. The summed E-state index contributed by atoms with van der Waals surface area (Å²) < 4.78 is 6.34. The molecule has 0 N–H and O–H groups in total. The molecule has 3 aromatic rings. The molecule has 0 aliphatic heterocycles. The Morgan fingerprint density at radius 3 is 2.55 bits per heavy atom. The third-order valence-corrected chi connectivity index (χ3v) is 5.89. The smallest absolute Gasteiger partial charge is 0.252 e. The van der Waals surface area contributed by atoms with Gasteiger partial charge in [-0.05, 0) is 36.9 Å². The summed E-state index contributed by atoms with van der Waals surface area (Å²) in [6.45, 7) is 7.57. The maximum Gasteiger partial charge on any atom is 0.252 e. The van der Waals surface area contributed by atoms with Crippen LogP contribution in [0.25, 0.3) is 16.3 Å². The van der Waals surface area contributed by atoms with Crippen LogP contribution < -0.4 is 9.64 Å². The van der Waals surface area contributed by atoms with E-state index in [0.717, 1.165) is 41.2 Å². The zero-order valence-corrected chi connectivity index (χ0v) is 18.0. The minimum Gasteiger partial charge on any atom is -0.497 e. The van der Waals surface area contributed by atoms with Crippen molar-refractivity contribution in [2.45, 2.75) is 13.8 Å². The number of benzene rings is 2. The minimum atomic E-state index is -0.0629. The monoisotopic (exact) mass is 409 g/mol. The lowest BCUT2D eigenvalue weighted by molar-refractivity contribution is -0.114. The molecule has 0 radical (unpaired) electrons. The molecule has 5 nitrogen and oxygen atoms in total. The number of nitrogens with zero attached hydrogens (tertiary/aromatic N) is 3. The van der Waals surface area contributed by atoms with E-state index in [0.29, 0.717) is 11.7 Å². The highest BCUT2D eigenvalue weighted by atomic mass is 32.1. The fourth-order valence-electron chi connectivity index (χ4n) is 3.04. The summed E-state index contributed by atoms with van der Waals surface area (Å²) in [5, 5.41) is 0.711. The Hall–Kier alpha value is -2.70. The molecular weight excluding hydrogens is 382 g/mol. The van der Waals surface area contributed by atoms with Crippen LogP contribution >= 0.6 is 11.3 Å². The molecule has 1 aromatic heterocycles. The van der Waals surface area contributed by atoms with Crippen LogP contribution in [-0.4, -0.2) is 49.1 Å². The van der Waals surface area contributed by atoms with Gasteiger partial charge in [0.2, 0.25) is 0 Å². The summed E-state index contributed by atoms with van der Waals surface area (Å²) in [5.41, 5.74) is 1.84. The third-order valence-electron chi connectivity index (χ3n) is 4.83. The SMILES string of the molecule is CCN(CC)CCN(C(=O)/C=C/c1ccccc1)c1nc2cc(OC)ccc2s1. The van der Waals surface area contributed by atoms with Gasteiger partial charge in [0.05, 0.1) is 17.3 Å². The van der Waals surface area contributed by atoms with Gasteiger partial charge in [-0.2, -0.15) is 0 Å². The number of anilines is 1. The maximum absolute atomic E-state index is 13.1. The Kier molecular flexibility index (Phi) is 7.38. The Morgan fingerprint density at radius 2 is 1.86 bits per heavy atom. The van der Waals surface area contributed by atoms with Gasteiger partial charge in [0.25, 0.3) is 5.91 Å². The maximum atomic E-state index is 13.1. The van der Waals surface area contributed by atoms with E-state index in [2.05, 4.69) is 18.7 Å². The molecule has 1 amide bonds. The summed E-state index contributed by atoms with van der Waals surface area (Å²) in [7, 11) is 1.64. The predicted molar refractivity (Wildman–Crippen MR) is 122 cm³/mol. The molecule has 0 fully saturated rings.